The number of carbonyl (C=O) groups excluding carboxylic acids is 1. The number of hydrogen-bond donors (Lipinski definition) is 0. The van der Waals surface area contributed by atoms with Gasteiger partial charge in [0, 0.05) is 5.57 Å². The second-order valence-electron chi connectivity index (χ2n) is 4.99. The molecule has 0 bridgehead atoms. The lowest BCUT2D eigenvalue weighted by Gasteiger charge is -2.09. The summed E-state index contributed by atoms with van der Waals surface area (Å²) in [4.78, 5) is 11.2. The molecule has 2 rings (SSSR count). The van der Waals surface area contributed by atoms with Crippen LogP contribution in [0.3, 0.4) is 0 Å². The van der Waals surface area contributed by atoms with E-state index in [2.05, 4.69) is 0 Å². The van der Waals surface area contributed by atoms with Gasteiger partial charge in [-0.2, -0.15) is 0 Å². The molecule has 0 saturated carbocycles. The second-order valence-corrected chi connectivity index (χ2v) is 4.99. The third-order valence-electron chi connectivity index (χ3n) is 3.24. The van der Waals surface area contributed by atoms with Crippen molar-refractivity contribution < 1.29 is 19.0 Å². The van der Waals surface area contributed by atoms with Crippen LogP contribution in [0.25, 0.3) is 5.57 Å². The topological polar surface area (TPSA) is 44.8 Å². The van der Waals surface area contributed by atoms with Crippen molar-refractivity contribution in [2.24, 2.45) is 0 Å². The number of carbonyl (C=O) groups is 1. The van der Waals surface area contributed by atoms with E-state index in [0.29, 0.717) is 19.8 Å². The Labute approximate surface area is 142 Å². The Kier molecular flexibility index (Phi) is 7.57. The van der Waals surface area contributed by atoms with Gasteiger partial charge in [-0.25, -0.2) is 4.79 Å². The SMILES string of the molecule is CCOC(=O)COCCOC=C(c1ccccc1)c1ccccc1. The maximum Gasteiger partial charge on any atom is 0.332 e. The van der Waals surface area contributed by atoms with Crippen molar-refractivity contribution in [2.75, 3.05) is 26.4 Å². The molecule has 0 aliphatic rings. The highest BCUT2D eigenvalue weighted by Crippen LogP contribution is 2.22. The molecule has 126 valence electrons. The van der Waals surface area contributed by atoms with E-state index in [1.165, 1.54) is 0 Å². The first-order valence-corrected chi connectivity index (χ1v) is 7.97. The van der Waals surface area contributed by atoms with Crippen molar-refractivity contribution in [1.29, 1.82) is 0 Å². The molecule has 2 aromatic rings. The zero-order chi connectivity index (χ0) is 17.0. The molecule has 0 atom stereocenters. The Balaban J connectivity index is 1.91. The molecule has 0 aromatic heterocycles. The second kappa shape index (κ2) is 10.2. The fourth-order valence-corrected chi connectivity index (χ4v) is 2.15. The highest BCUT2D eigenvalue weighted by Gasteiger charge is 2.05. The van der Waals surface area contributed by atoms with Gasteiger partial charge in [-0.1, -0.05) is 60.7 Å². The molecule has 4 heteroatoms. The van der Waals surface area contributed by atoms with Gasteiger partial charge < -0.3 is 14.2 Å². The van der Waals surface area contributed by atoms with Gasteiger partial charge in [-0.05, 0) is 18.1 Å². The van der Waals surface area contributed by atoms with E-state index in [1.807, 2.05) is 60.7 Å². The minimum absolute atomic E-state index is 0.0505. The number of hydrogen-bond acceptors (Lipinski definition) is 4. The van der Waals surface area contributed by atoms with Crippen LogP contribution in [0.1, 0.15) is 18.1 Å². The van der Waals surface area contributed by atoms with Gasteiger partial charge >= 0.3 is 5.97 Å². The van der Waals surface area contributed by atoms with E-state index in [9.17, 15) is 4.79 Å². The summed E-state index contributed by atoms with van der Waals surface area (Å²) in [6.45, 7) is 2.76. The van der Waals surface area contributed by atoms with E-state index in [4.69, 9.17) is 14.2 Å². The fourth-order valence-electron chi connectivity index (χ4n) is 2.15. The van der Waals surface area contributed by atoms with Crippen LogP contribution < -0.4 is 0 Å². The molecule has 2 aromatic carbocycles. The Morgan fingerprint density at radius 3 is 2.04 bits per heavy atom. The molecule has 4 nitrogen and oxygen atoms in total. The fraction of sp³-hybridized carbons (Fsp3) is 0.250. The maximum atomic E-state index is 11.2. The summed E-state index contributed by atoms with van der Waals surface area (Å²) < 4.78 is 15.6. The van der Waals surface area contributed by atoms with Gasteiger partial charge in [0.2, 0.25) is 0 Å². The van der Waals surface area contributed by atoms with Gasteiger partial charge in [-0.15, -0.1) is 0 Å². The first-order valence-electron chi connectivity index (χ1n) is 7.97. The van der Waals surface area contributed by atoms with Gasteiger partial charge in [0.05, 0.1) is 19.5 Å². The summed E-state index contributed by atoms with van der Waals surface area (Å²) in [5.74, 6) is -0.359. The van der Waals surface area contributed by atoms with Crippen LogP contribution in [-0.4, -0.2) is 32.4 Å². The van der Waals surface area contributed by atoms with Crippen molar-refractivity contribution >= 4 is 11.5 Å². The van der Waals surface area contributed by atoms with Crippen molar-refractivity contribution in [3.63, 3.8) is 0 Å². The molecular weight excluding hydrogens is 304 g/mol. The standard InChI is InChI=1S/C20H22O4/c1-2-24-20(21)16-23-14-13-22-15-19(17-9-5-3-6-10-17)18-11-7-4-8-12-18/h3-12,15H,2,13-14,16H2,1H3. The molecule has 0 radical (unpaired) electrons. The van der Waals surface area contributed by atoms with Gasteiger partial charge in [0.1, 0.15) is 13.2 Å². The van der Waals surface area contributed by atoms with Gasteiger partial charge in [0.25, 0.3) is 0 Å². The minimum atomic E-state index is -0.359. The Morgan fingerprint density at radius 1 is 0.917 bits per heavy atom. The van der Waals surface area contributed by atoms with E-state index in [-0.39, 0.29) is 12.6 Å². The lowest BCUT2D eigenvalue weighted by Crippen LogP contribution is -2.14. The van der Waals surface area contributed by atoms with Crippen molar-refractivity contribution in [3.8, 4) is 0 Å². The Bertz CT molecular complexity index is 594. The highest BCUT2D eigenvalue weighted by molar-refractivity contribution is 5.78. The average molecular weight is 326 g/mol. The van der Waals surface area contributed by atoms with Gasteiger partial charge in [-0.3, -0.25) is 0 Å². The summed E-state index contributed by atoms with van der Waals surface area (Å²) in [6.07, 6.45) is 1.73. The first kappa shape index (κ1) is 17.8. The van der Waals surface area contributed by atoms with E-state index in [1.54, 1.807) is 13.2 Å². The Hall–Kier alpha value is -2.59. The van der Waals surface area contributed by atoms with Gasteiger partial charge in [0.15, 0.2) is 0 Å². The molecule has 0 fully saturated rings. The zero-order valence-electron chi connectivity index (χ0n) is 13.8. The molecule has 0 spiro atoms. The van der Waals surface area contributed by atoms with Crippen molar-refractivity contribution in [2.45, 2.75) is 6.92 Å². The predicted octanol–water partition coefficient (Wildman–Crippen LogP) is 3.67. The lowest BCUT2D eigenvalue weighted by atomic mass is 9.99. The lowest BCUT2D eigenvalue weighted by molar-refractivity contribution is -0.148. The molecule has 0 amide bonds. The summed E-state index contributed by atoms with van der Waals surface area (Å²) in [5.41, 5.74) is 3.16. The van der Waals surface area contributed by atoms with E-state index >= 15 is 0 Å². The first-order chi connectivity index (χ1) is 11.8. The monoisotopic (exact) mass is 326 g/mol. The van der Waals surface area contributed by atoms with Crippen LogP contribution in [0.15, 0.2) is 66.9 Å². The van der Waals surface area contributed by atoms with Crippen LogP contribution in [0, 0.1) is 0 Å². The molecule has 24 heavy (non-hydrogen) atoms. The van der Waals surface area contributed by atoms with Crippen LogP contribution in [0.2, 0.25) is 0 Å². The van der Waals surface area contributed by atoms with Crippen LogP contribution in [-0.2, 0) is 19.0 Å². The summed E-state index contributed by atoms with van der Waals surface area (Å²) in [5, 5.41) is 0. The average Bonchev–Trinajstić information content (AvgIpc) is 2.63. The third kappa shape index (κ3) is 5.89. The van der Waals surface area contributed by atoms with E-state index in [0.717, 1.165) is 16.7 Å². The summed E-state index contributed by atoms with van der Waals surface area (Å²) in [7, 11) is 0. The number of rotatable bonds is 9. The largest absolute Gasteiger partial charge is 0.498 e. The third-order valence-corrected chi connectivity index (χ3v) is 3.24. The summed E-state index contributed by atoms with van der Waals surface area (Å²) in [6, 6.07) is 20.1. The van der Waals surface area contributed by atoms with Crippen LogP contribution in [0.4, 0.5) is 0 Å². The van der Waals surface area contributed by atoms with Crippen LogP contribution in [0.5, 0.6) is 0 Å². The number of benzene rings is 2. The number of ether oxygens (including phenoxy) is 3. The predicted molar refractivity (Wildman–Crippen MR) is 93.4 cm³/mol. The van der Waals surface area contributed by atoms with E-state index < -0.39 is 0 Å². The van der Waals surface area contributed by atoms with Crippen LogP contribution >= 0.6 is 0 Å². The van der Waals surface area contributed by atoms with Crippen molar-refractivity contribution in [3.05, 3.63) is 78.1 Å². The zero-order valence-corrected chi connectivity index (χ0v) is 13.8. The van der Waals surface area contributed by atoms with Crippen molar-refractivity contribution in [1.82, 2.24) is 0 Å². The number of esters is 1. The molecule has 0 saturated heterocycles. The molecular formula is C20H22O4. The molecule has 0 unspecified atom stereocenters. The molecule has 0 aliphatic carbocycles. The molecule has 0 N–H and O–H groups in total. The minimum Gasteiger partial charge on any atom is -0.498 e. The quantitative estimate of drug-likeness (QED) is 0.401. The molecule has 0 aliphatic heterocycles. The summed E-state index contributed by atoms with van der Waals surface area (Å²) >= 11 is 0. The molecule has 0 heterocycles. The maximum absolute atomic E-state index is 11.2. The Morgan fingerprint density at radius 2 is 1.50 bits per heavy atom. The normalized spacial score (nSPS) is 10.0. The highest BCUT2D eigenvalue weighted by atomic mass is 16.6. The smallest absolute Gasteiger partial charge is 0.332 e.